The van der Waals surface area contributed by atoms with Crippen molar-refractivity contribution in [3.8, 4) is 17.5 Å². The predicted octanol–water partition coefficient (Wildman–Crippen LogP) is 3.42. The number of piperidine rings is 1. The maximum Gasteiger partial charge on any atom is 0.471 e. The van der Waals surface area contributed by atoms with Crippen LogP contribution < -0.4 is 10.2 Å². The van der Waals surface area contributed by atoms with Gasteiger partial charge in [0, 0.05) is 36.5 Å². The molecule has 0 saturated carbocycles. The molecule has 1 aliphatic rings. The molecule has 1 aliphatic heterocycles. The summed E-state index contributed by atoms with van der Waals surface area (Å²) >= 11 is 0. The normalized spacial score (nSPS) is 16.4. The van der Waals surface area contributed by atoms with Gasteiger partial charge in [-0.2, -0.15) is 23.4 Å². The van der Waals surface area contributed by atoms with Crippen molar-refractivity contribution in [2.75, 3.05) is 18.0 Å². The second-order valence-corrected chi connectivity index (χ2v) is 7.28. The number of hydrogen-bond acceptors (Lipinski definition) is 7. The van der Waals surface area contributed by atoms with Crippen LogP contribution >= 0.6 is 0 Å². The fourth-order valence-electron chi connectivity index (χ4n) is 3.47. The van der Waals surface area contributed by atoms with Gasteiger partial charge < -0.3 is 14.7 Å². The van der Waals surface area contributed by atoms with E-state index >= 15 is 0 Å². The van der Waals surface area contributed by atoms with E-state index in [-0.39, 0.29) is 28.9 Å². The first-order valence-electron chi connectivity index (χ1n) is 9.77. The van der Waals surface area contributed by atoms with E-state index in [0.29, 0.717) is 12.1 Å². The third-order valence-electron chi connectivity index (χ3n) is 5.01. The van der Waals surface area contributed by atoms with Crippen LogP contribution in [0, 0.1) is 11.3 Å². The van der Waals surface area contributed by atoms with Crippen LogP contribution in [-0.4, -0.2) is 40.2 Å². The fourth-order valence-corrected chi connectivity index (χ4v) is 3.47. The quantitative estimate of drug-likeness (QED) is 0.660. The molecule has 164 valence electrons. The molecule has 32 heavy (non-hydrogen) atoms. The summed E-state index contributed by atoms with van der Waals surface area (Å²) in [4.78, 5) is 22.4. The van der Waals surface area contributed by atoms with Crippen LogP contribution in [0.15, 0.2) is 47.1 Å². The second-order valence-electron chi connectivity index (χ2n) is 7.28. The Hall–Kier alpha value is -3.94. The molecule has 1 saturated heterocycles. The minimum atomic E-state index is -4.74. The largest absolute Gasteiger partial charge is 0.471 e. The summed E-state index contributed by atoms with van der Waals surface area (Å²) in [5, 5.41) is 15.2. The van der Waals surface area contributed by atoms with Crippen molar-refractivity contribution in [3.63, 3.8) is 0 Å². The Morgan fingerprint density at radius 1 is 1.28 bits per heavy atom. The lowest BCUT2D eigenvalue weighted by Crippen LogP contribution is -2.48. The van der Waals surface area contributed by atoms with Gasteiger partial charge in [0.1, 0.15) is 11.9 Å². The van der Waals surface area contributed by atoms with E-state index in [1.807, 2.05) is 11.0 Å². The first-order chi connectivity index (χ1) is 15.3. The van der Waals surface area contributed by atoms with Gasteiger partial charge in [0.2, 0.25) is 5.82 Å². The van der Waals surface area contributed by atoms with E-state index in [9.17, 15) is 18.0 Å². The number of carbonyl (C=O) groups excluding carboxylic acids is 1. The number of anilines is 1. The van der Waals surface area contributed by atoms with Crippen LogP contribution in [-0.2, 0) is 6.18 Å². The molecule has 1 N–H and O–H groups in total. The summed E-state index contributed by atoms with van der Waals surface area (Å²) in [5.41, 5.74) is 0.984. The molecule has 1 atom stereocenters. The number of hydrogen-bond donors (Lipinski definition) is 1. The highest BCUT2D eigenvalue weighted by Crippen LogP contribution is 2.29. The van der Waals surface area contributed by atoms with E-state index < -0.39 is 12.1 Å². The van der Waals surface area contributed by atoms with Crippen LogP contribution in [0.3, 0.4) is 0 Å². The summed E-state index contributed by atoms with van der Waals surface area (Å²) in [6.45, 7) is 1.32. The number of benzene rings is 1. The fraction of sp³-hybridized carbons (Fsp3) is 0.286. The smallest absolute Gasteiger partial charge is 0.355 e. The van der Waals surface area contributed by atoms with Gasteiger partial charge in [-0.15, -0.1) is 0 Å². The van der Waals surface area contributed by atoms with Crippen LogP contribution in [0.1, 0.15) is 34.7 Å². The molecule has 0 spiro atoms. The van der Waals surface area contributed by atoms with Gasteiger partial charge in [-0.3, -0.25) is 4.79 Å². The van der Waals surface area contributed by atoms with Crippen molar-refractivity contribution in [1.29, 1.82) is 5.26 Å². The second kappa shape index (κ2) is 8.66. The van der Waals surface area contributed by atoms with Gasteiger partial charge in [-0.05, 0) is 37.1 Å². The molecule has 1 amide bonds. The van der Waals surface area contributed by atoms with Crippen molar-refractivity contribution in [2.45, 2.75) is 25.1 Å². The maximum atomic E-state index is 12.8. The molecule has 8 nitrogen and oxygen atoms in total. The first kappa shape index (κ1) is 21.3. The highest BCUT2D eigenvalue weighted by molar-refractivity contribution is 5.95. The topological polar surface area (TPSA) is 108 Å². The Labute approximate surface area is 180 Å². The summed E-state index contributed by atoms with van der Waals surface area (Å²) in [7, 11) is 0. The number of nitrogens with one attached hydrogen (secondary N) is 1. The van der Waals surface area contributed by atoms with Crippen molar-refractivity contribution in [3.05, 3.63) is 59.6 Å². The van der Waals surface area contributed by atoms with E-state index in [4.69, 9.17) is 5.26 Å². The number of amides is 1. The van der Waals surface area contributed by atoms with E-state index in [2.05, 4.69) is 25.0 Å². The number of carbonyl (C=O) groups is 1. The SMILES string of the molecule is N#Cc1ccc(N2CCCC(NC(=O)c3cccc(-c4noc(C(F)(F)F)n4)c3)C2)nc1. The van der Waals surface area contributed by atoms with Gasteiger partial charge >= 0.3 is 12.1 Å². The van der Waals surface area contributed by atoms with Crippen LogP contribution in [0.4, 0.5) is 19.0 Å². The predicted molar refractivity (Wildman–Crippen MR) is 106 cm³/mol. The van der Waals surface area contributed by atoms with Gasteiger partial charge in [0.25, 0.3) is 5.91 Å². The number of halogens is 3. The zero-order valence-corrected chi connectivity index (χ0v) is 16.6. The molecule has 3 aromatic rings. The zero-order valence-electron chi connectivity index (χ0n) is 16.6. The molecule has 2 aromatic heterocycles. The number of aromatic nitrogens is 3. The van der Waals surface area contributed by atoms with Crippen LogP contribution in [0.2, 0.25) is 0 Å². The Morgan fingerprint density at radius 2 is 2.12 bits per heavy atom. The highest BCUT2D eigenvalue weighted by atomic mass is 19.4. The number of alkyl halides is 3. The Balaban J connectivity index is 1.44. The molecular formula is C21H17F3N6O2. The molecule has 0 bridgehead atoms. The van der Waals surface area contributed by atoms with Crippen molar-refractivity contribution in [2.24, 2.45) is 0 Å². The molecule has 0 aliphatic carbocycles. The summed E-state index contributed by atoms with van der Waals surface area (Å²) in [6, 6.07) is 11.4. The summed E-state index contributed by atoms with van der Waals surface area (Å²) < 4.78 is 42.3. The Kier molecular flexibility index (Phi) is 5.77. The number of rotatable bonds is 4. The number of pyridine rings is 1. The van der Waals surface area contributed by atoms with Crippen LogP contribution in [0.5, 0.6) is 0 Å². The molecule has 1 unspecified atom stereocenters. The number of nitrogens with zero attached hydrogens (tertiary/aromatic N) is 5. The molecule has 11 heteroatoms. The Morgan fingerprint density at radius 3 is 2.81 bits per heavy atom. The van der Waals surface area contributed by atoms with Crippen molar-refractivity contribution < 1.29 is 22.5 Å². The lowest BCUT2D eigenvalue weighted by Gasteiger charge is -2.34. The van der Waals surface area contributed by atoms with Gasteiger partial charge in [-0.25, -0.2) is 4.98 Å². The standard InChI is InChI=1S/C21H17F3N6O2/c22-21(23,24)20-28-18(29-32-20)14-3-1-4-15(9-14)19(31)27-16-5-2-8-30(12-16)17-7-6-13(10-25)11-26-17/h1,3-4,6-7,9,11,16H,2,5,8,12H2,(H,27,31). The first-order valence-corrected chi connectivity index (χ1v) is 9.77. The average Bonchev–Trinajstić information content (AvgIpc) is 3.31. The summed E-state index contributed by atoms with van der Waals surface area (Å²) in [6.07, 6.45) is -1.62. The maximum absolute atomic E-state index is 12.8. The van der Waals surface area contributed by atoms with Gasteiger partial charge in [0.05, 0.1) is 5.56 Å². The van der Waals surface area contributed by atoms with Crippen LogP contribution in [0.25, 0.3) is 11.4 Å². The summed E-state index contributed by atoms with van der Waals surface area (Å²) in [5.74, 6) is -1.32. The van der Waals surface area contributed by atoms with Gasteiger partial charge in [0.15, 0.2) is 0 Å². The number of nitriles is 1. The zero-order chi connectivity index (χ0) is 22.7. The van der Waals surface area contributed by atoms with E-state index in [0.717, 1.165) is 25.2 Å². The third kappa shape index (κ3) is 4.69. The monoisotopic (exact) mass is 442 g/mol. The minimum absolute atomic E-state index is 0.139. The molecule has 3 heterocycles. The van der Waals surface area contributed by atoms with Gasteiger partial charge in [-0.1, -0.05) is 17.3 Å². The van der Waals surface area contributed by atoms with E-state index in [1.165, 1.54) is 18.3 Å². The lowest BCUT2D eigenvalue weighted by molar-refractivity contribution is -0.159. The average molecular weight is 442 g/mol. The molecule has 1 aromatic carbocycles. The van der Waals surface area contributed by atoms with E-state index in [1.54, 1.807) is 24.3 Å². The molecule has 4 rings (SSSR count). The van der Waals surface area contributed by atoms with Crippen molar-refractivity contribution >= 4 is 11.7 Å². The molecule has 1 fully saturated rings. The minimum Gasteiger partial charge on any atom is -0.355 e. The van der Waals surface area contributed by atoms with Crippen molar-refractivity contribution in [1.82, 2.24) is 20.4 Å². The lowest BCUT2D eigenvalue weighted by atomic mass is 10.0. The highest BCUT2D eigenvalue weighted by Gasteiger charge is 2.38. The molecule has 0 radical (unpaired) electrons. The Bertz CT molecular complexity index is 1150. The molecular weight excluding hydrogens is 425 g/mol. The third-order valence-corrected chi connectivity index (χ3v) is 5.01.